The van der Waals surface area contributed by atoms with Gasteiger partial charge in [-0.15, -0.1) is 12.4 Å². The summed E-state index contributed by atoms with van der Waals surface area (Å²) in [7, 11) is 0. The Hall–Kier alpha value is -0.810. The standard InChI is InChI=1S/C16H31N3O2.ClH/c1-4-5-10-18-16(21)14-8-7-13(3)19(11-14)15(20)9-6-12(2)17;/h12-14H,4-11,17H2,1-3H3,(H,18,21);1H. The second-order valence-corrected chi connectivity index (χ2v) is 6.33. The van der Waals surface area contributed by atoms with E-state index in [2.05, 4.69) is 19.2 Å². The summed E-state index contributed by atoms with van der Waals surface area (Å²) in [5.74, 6) is 0.170. The van der Waals surface area contributed by atoms with E-state index in [0.717, 1.165) is 32.2 Å². The van der Waals surface area contributed by atoms with E-state index in [9.17, 15) is 9.59 Å². The summed E-state index contributed by atoms with van der Waals surface area (Å²) >= 11 is 0. The predicted octanol–water partition coefficient (Wildman–Crippen LogP) is 2.08. The van der Waals surface area contributed by atoms with Crippen molar-refractivity contribution < 1.29 is 9.59 Å². The second kappa shape index (κ2) is 10.8. The smallest absolute Gasteiger partial charge is 0.224 e. The van der Waals surface area contributed by atoms with E-state index in [1.54, 1.807) is 0 Å². The van der Waals surface area contributed by atoms with Crippen molar-refractivity contribution in [2.45, 2.75) is 71.4 Å². The summed E-state index contributed by atoms with van der Waals surface area (Å²) in [6, 6.07) is 0.271. The third-order valence-electron chi connectivity index (χ3n) is 4.22. The van der Waals surface area contributed by atoms with E-state index in [1.807, 2.05) is 11.8 Å². The molecule has 0 aromatic rings. The number of rotatable bonds is 7. The third-order valence-corrected chi connectivity index (χ3v) is 4.22. The molecule has 3 unspecified atom stereocenters. The molecular formula is C16H32ClN3O2. The number of unbranched alkanes of at least 4 members (excludes halogenated alkanes) is 1. The van der Waals surface area contributed by atoms with Gasteiger partial charge in [-0.2, -0.15) is 0 Å². The average Bonchev–Trinajstić information content (AvgIpc) is 2.45. The van der Waals surface area contributed by atoms with Crippen molar-refractivity contribution in [2.75, 3.05) is 13.1 Å². The summed E-state index contributed by atoms with van der Waals surface area (Å²) in [5.41, 5.74) is 5.71. The Labute approximate surface area is 140 Å². The lowest BCUT2D eigenvalue weighted by atomic mass is 9.92. The Morgan fingerprint density at radius 3 is 2.64 bits per heavy atom. The molecule has 0 radical (unpaired) electrons. The molecule has 1 aliphatic rings. The predicted molar refractivity (Wildman–Crippen MR) is 91.9 cm³/mol. The highest BCUT2D eigenvalue weighted by atomic mass is 35.5. The summed E-state index contributed by atoms with van der Waals surface area (Å²) in [6.45, 7) is 7.37. The second-order valence-electron chi connectivity index (χ2n) is 6.33. The van der Waals surface area contributed by atoms with Crippen LogP contribution >= 0.6 is 12.4 Å². The zero-order valence-electron chi connectivity index (χ0n) is 14.1. The number of nitrogens with zero attached hydrogens (tertiary/aromatic N) is 1. The molecule has 0 bridgehead atoms. The van der Waals surface area contributed by atoms with Gasteiger partial charge in [-0.25, -0.2) is 0 Å². The van der Waals surface area contributed by atoms with Gasteiger partial charge in [0.25, 0.3) is 0 Å². The van der Waals surface area contributed by atoms with Crippen molar-refractivity contribution in [3.05, 3.63) is 0 Å². The number of likely N-dealkylation sites (tertiary alicyclic amines) is 1. The molecule has 0 spiro atoms. The fourth-order valence-electron chi connectivity index (χ4n) is 2.70. The normalized spacial score (nSPS) is 22.6. The molecule has 0 aromatic carbocycles. The van der Waals surface area contributed by atoms with Gasteiger partial charge in [0, 0.05) is 31.6 Å². The van der Waals surface area contributed by atoms with Crippen LogP contribution in [0.2, 0.25) is 0 Å². The van der Waals surface area contributed by atoms with Crippen LogP contribution in [0.5, 0.6) is 0 Å². The lowest BCUT2D eigenvalue weighted by Crippen LogP contribution is -2.49. The minimum Gasteiger partial charge on any atom is -0.356 e. The summed E-state index contributed by atoms with van der Waals surface area (Å²) in [6.07, 6.45) is 5.03. The molecule has 1 heterocycles. The van der Waals surface area contributed by atoms with Crippen molar-refractivity contribution in [2.24, 2.45) is 11.7 Å². The molecule has 130 valence electrons. The first-order valence-electron chi connectivity index (χ1n) is 8.28. The fraction of sp³-hybridized carbons (Fsp3) is 0.875. The number of piperidine rings is 1. The van der Waals surface area contributed by atoms with Gasteiger partial charge in [0.2, 0.25) is 11.8 Å². The van der Waals surface area contributed by atoms with Crippen LogP contribution in [-0.2, 0) is 9.59 Å². The first-order chi connectivity index (χ1) is 9.95. The molecule has 6 heteroatoms. The first-order valence-corrected chi connectivity index (χ1v) is 8.28. The van der Waals surface area contributed by atoms with Crippen LogP contribution in [-0.4, -0.2) is 41.9 Å². The Morgan fingerprint density at radius 2 is 2.05 bits per heavy atom. The quantitative estimate of drug-likeness (QED) is 0.700. The van der Waals surface area contributed by atoms with Crippen LogP contribution in [0.1, 0.15) is 59.3 Å². The fourth-order valence-corrected chi connectivity index (χ4v) is 2.70. The molecule has 3 atom stereocenters. The van der Waals surface area contributed by atoms with E-state index in [1.165, 1.54) is 0 Å². The Balaban J connectivity index is 0.00000441. The summed E-state index contributed by atoms with van der Waals surface area (Å²) in [4.78, 5) is 26.3. The van der Waals surface area contributed by atoms with Gasteiger partial charge in [0.1, 0.15) is 0 Å². The van der Waals surface area contributed by atoms with Crippen LogP contribution in [0, 0.1) is 5.92 Å². The van der Waals surface area contributed by atoms with Crippen LogP contribution in [0.3, 0.4) is 0 Å². The molecule has 1 saturated heterocycles. The molecule has 1 fully saturated rings. The van der Waals surface area contributed by atoms with E-state index in [-0.39, 0.29) is 42.2 Å². The molecule has 3 N–H and O–H groups in total. The molecule has 2 amide bonds. The summed E-state index contributed by atoms with van der Waals surface area (Å²) in [5, 5.41) is 2.98. The average molecular weight is 334 g/mol. The minimum absolute atomic E-state index is 0. The Morgan fingerprint density at radius 1 is 1.36 bits per heavy atom. The van der Waals surface area contributed by atoms with E-state index in [4.69, 9.17) is 5.73 Å². The number of carbonyl (C=O) groups excluding carboxylic acids is 2. The zero-order valence-corrected chi connectivity index (χ0v) is 15.0. The topological polar surface area (TPSA) is 75.4 Å². The molecule has 1 aliphatic heterocycles. The molecule has 0 aromatic heterocycles. The van der Waals surface area contributed by atoms with Crippen LogP contribution < -0.4 is 11.1 Å². The SMILES string of the molecule is CCCCNC(=O)C1CCC(C)N(C(=O)CCC(C)N)C1.Cl. The van der Waals surface area contributed by atoms with E-state index in [0.29, 0.717) is 19.4 Å². The number of hydrogen-bond donors (Lipinski definition) is 2. The number of carbonyl (C=O) groups is 2. The molecule has 0 aliphatic carbocycles. The molecule has 1 rings (SSSR count). The number of hydrogen-bond acceptors (Lipinski definition) is 3. The minimum atomic E-state index is -0.0580. The van der Waals surface area contributed by atoms with Crippen LogP contribution in [0.4, 0.5) is 0 Å². The molecular weight excluding hydrogens is 302 g/mol. The maximum Gasteiger partial charge on any atom is 0.224 e. The van der Waals surface area contributed by atoms with Gasteiger partial charge in [-0.3, -0.25) is 9.59 Å². The number of halogens is 1. The number of nitrogens with two attached hydrogens (primary N) is 1. The highest BCUT2D eigenvalue weighted by molar-refractivity contribution is 5.85. The van der Waals surface area contributed by atoms with E-state index >= 15 is 0 Å². The van der Waals surface area contributed by atoms with Gasteiger partial charge in [0.05, 0.1) is 5.92 Å². The van der Waals surface area contributed by atoms with Gasteiger partial charge in [-0.05, 0) is 39.5 Å². The molecule has 0 saturated carbocycles. The van der Waals surface area contributed by atoms with Gasteiger partial charge in [0.15, 0.2) is 0 Å². The van der Waals surface area contributed by atoms with E-state index < -0.39 is 0 Å². The van der Waals surface area contributed by atoms with Gasteiger partial charge in [-0.1, -0.05) is 13.3 Å². The maximum atomic E-state index is 12.3. The molecule has 22 heavy (non-hydrogen) atoms. The molecule has 5 nitrogen and oxygen atoms in total. The lowest BCUT2D eigenvalue weighted by molar-refractivity contribution is -0.138. The van der Waals surface area contributed by atoms with Crippen LogP contribution in [0.15, 0.2) is 0 Å². The Kier molecular flexibility index (Phi) is 10.4. The largest absolute Gasteiger partial charge is 0.356 e. The van der Waals surface area contributed by atoms with Crippen molar-refractivity contribution >= 4 is 24.2 Å². The first kappa shape index (κ1) is 21.2. The van der Waals surface area contributed by atoms with Crippen molar-refractivity contribution in [3.63, 3.8) is 0 Å². The Bertz CT molecular complexity index is 350. The van der Waals surface area contributed by atoms with Crippen LogP contribution in [0.25, 0.3) is 0 Å². The number of amides is 2. The lowest BCUT2D eigenvalue weighted by Gasteiger charge is -2.37. The monoisotopic (exact) mass is 333 g/mol. The summed E-state index contributed by atoms with van der Waals surface area (Å²) < 4.78 is 0. The van der Waals surface area contributed by atoms with Gasteiger partial charge >= 0.3 is 0 Å². The highest BCUT2D eigenvalue weighted by Crippen LogP contribution is 2.23. The van der Waals surface area contributed by atoms with Crippen molar-refractivity contribution in [1.29, 1.82) is 0 Å². The van der Waals surface area contributed by atoms with Gasteiger partial charge < -0.3 is 16.0 Å². The van der Waals surface area contributed by atoms with Crippen molar-refractivity contribution in [1.82, 2.24) is 10.2 Å². The number of nitrogens with one attached hydrogen (secondary N) is 1. The maximum absolute atomic E-state index is 12.3. The zero-order chi connectivity index (χ0) is 15.8. The van der Waals surface area contributed by atoms with Crippen molar-refractivity contribution in [3.8, 4) is 0 Å². The highest BCUT2D eigenvalue weighted by Gasteiger charge is 2.32. The third kappa shape index (κ3) is 6.97.